The summed E-state index contributed by atoms with van der Waals surface area (Å²) in [4.78, 5) is 33.9. The van der Waals surface area contributed by atoms with Gasteiger partial charge in [0, 0.05) is 30.7 Å². The lowest BCUT2D eigenvalue weighted by Gasteiger charge is -2.08. The Labute approximate surface area is 156 Å². The van der Waals surface area contributed by atoms with Gasteiger partial charge in [0.05, 0.1) is 16.3 Å². The van der Waals surface area contributed by atoms with Crippen LogP contribution in [-0.4, -0.2) is 23.3 Å². The van der Waals surface area contributed by atoms with Crippen LogP contribution in [0.1, 0.15) is 36.0 Å². The quantitative estimate of drug-likeness (QED) is 0.270. The molecular weight excluding hydrogens is 348 g/mol. The minimum Gasteiger partial charge on any atom is -0.397 e. The fraction of sp³-hybridized carbons (Fsp3) is 0.263. The molecule has 0 unspecified atom stereocenters. The molecule has 0 heterocycles. The molecule has 0 saturated carbocycles. The molecule has 0 saturated heterocycles. The van der Waals surface area contributed by atoms with Crippen LogP contribution >= 0.6 is 0 Å². The Balaban J connectivity index is 1.61. The number of nitro groups is 1. The highest BCUT2D eigenvalue weighted by molar-refractivity contribution is 5.94. The first-order valence-corrected chi connectivity index (χ1v) is 8.64. The van der Waals surface area contributed by atoms with Gasteiger partial charge in [0.2, 0.25) is 5.91 Å². The number of amides is 2. The molecule has 0 radical (unpaired) electrons. The average Bonchev–Trinajstić information content (AvgIpc) is 2.66. The van der Waals surface area contributed by atoms with Crippen LogP contribution in [0.5, 0.6) is 0 Å². The van der Waals surface area contributed by atoms with Crippen molar-refractivity contribution in [1.82, 2.24) is 5.32 Å². The average molecular weight is 370 g/mol. The van der Waals surface area contributed by atoms with Crippen LogP contribution in [0, 0.1) is 10.1 Å². The summed E-state index contributed by atoms with van der Waals surface area (Å²) < 4.78 is 0. The SMILES string of the molecule is Nc1ccccc1NC(=O)CCCCCNC(=O)c1ccc([N+](=O)[O-])cc1. The largest absolute Gasteiger partial charge is 0.397 e. The predicted octanol–water partition coefficient (Wildman–Crippen LogP) is 3.11. The fourth-order valence-electron chi connectivity index (χ4n) is 2.45. The van der Waals surface area contributed by atoms with E-state index >= 15 is 0 Å². The first-order chi connectivity index (χ1) is 13.0. The molecule has 0 aromatic heterocycles. The van der Waals surface area contributed by atoms with Gasteiger partial charge in [-0.05, 0) is 37.1 Å². The summed E-state index contributed by atoms with van der Waals surface area (Å²) in [7, 11) is 0. The van der Waals surface area contributed by atoms with Crippen molar-refractivity contribution < 1.29 is 14.5 Å². The fourth-order valence-corrected chi connectivity index (χ4v) is 2.45. The van der Waals surface area contributed by atoms with Gasteiger partial charge in [-0.25, -0.2) is 0 Å². The monoisotopic (exact) mass is 370 g/mol. The summed E-state index contributed by atoms with van der Waals surface area (Å²) in [5.74, 6) is -0.370. The van der Waals surface area contributed by atoms with Crippen molar-refractivity contribution in [3.8, 4) is 0 Å². The number of nitrogens with one attached hydrogen (secondary N) is 2. The van der Waals surface area contributed by atoms with E-state index in [0.29, 0.717) is 36.3 Å². The Hall–Kier alpha value is -3.42. The van der Waals surface area contributed by atoms with Gasteiger partial charge in [-0.1, -0.05) is 18.6 Å². The Morgan fingerprint density at radius 3 is 2.37 bits per heavy atom. The molecule has 0 aliphatic heterocycles. The van der Waals surface area contributed by atoms with Crippen LogP contribution in [0.3, 0.4) is 0 Å². The molecule has 2 aromatic rings. The second kappa shape index (κ2) is 9.91. The zero-order valence-electron chi connectivity index (χ0n) is 14.8. The summed E-state index contributed by atoms with van der Waals surface area (Å²) in [6, 6.07) is 12.5. The van der Waals surface area contributed by atoms with Crippen molar-refractivity contribution in [2.75, 3.05) is 17.6 Å². The van der Waals surface area contributed by atoms with E-state index < -0.39 is 4.92 Å². The lowest BCUT2D eigenvalue weighted by Crippen LogP contribution is -2.24. The van der Waals surface area contributed by atoms with Crippen molar-refractivity contribution >= 4 is 28.9 Å². The third kappa shape index (κ3) is 6.43. The molecule has 2 aromatic carbocycles. The highest BCUT2D eigenvalue weighted by Gasteiger charge is 2.09. The molecule has 0 aliphatic rings. The number of para-hydroxylation sites is 2. The molecule has 0 spiro atoms. The third-order valence-corrected chi connectivity index (χ3v) is 3.94. The number of rotatable bonds is 9. The van der Waals surface area contributed by atoms with Gasteiger partial charge in [-0.15, -0.1) is 0 Å². The molecule has 142 valence electrons. The number of carbonyl (C=O) groups excluding carboxylic acids is 2. The molecule has 8 nitrogen and oxygen atoms in total. The first-order valence-electron chi connectivity index (χ1n) is 8.64. The number of unbranched alkanes of at least 4 members (excludes halogenated alkanes) is 2. The maximum atomic E-state index is 11.9. The van der Waals surface area contributed by atoms with Crippen molar-refractivity contribution in [1.29, 1.82) is 0 Å². The van der Waals surface area contributed by atoms with Crippen LogP contribution in [0.25, 0.3) is 0 Å². The zero-order chi connectivity index (χ0) is 19.6. The number of nitrogens with zero attached hydrogens (tertiary/aromatic N) is 1. The van der Waals surface area contributed by atoms with Crippen LogP contribution in [0.15, 0.2) is 48.5 Å². The van der Waals surface area contributed by atoms with E-state index in [4.69, 9.17) is 5.73 Å². The Kier molecular flexibility index (Phi) is 7.30. The lowest BCUT2D eigenvalue weighted by molar-refractivity contribution is -0.384. The van der Waals surface area contributed by atoms with E-state index in [2.05, 4.69) is 10.6 Å². The molecule has 2 amide bonds. The number of benzene rings is 2. The van der Waals surface area contributed by atoms with E-state index in [-0.39, 0.29) is 17.5 Å². The molecule has 0 aliphatic carbocycles. The Bertz CT molecular complexity index is 806. The number of anilines is 2. The molecule has 4 N–H and O–H groups in total. The standard InChI is InChI=1S/C19H22N4O4/c20-16-6-3-4-7-17(16)22-18(24)8-2-1-5-13-21-19(25)14-9-11-15(12-10-14)23(26)27/h3-4,6-7,9-12H,1-2,5,8,13,20H2,(H,21,25)(H,22,24). The molecule has 0 bridgehead atoms. The second-order valence-electron chi connectivity index (χ2n) is 6.01. The molecule has 2 rings (SSSR count). The maximum Gasteiger partial charge on any atom is 0.269 e. The minimum absolute atomic E-state index is 0.0536. The van der Waals surface area contributed by atoms with Gasteiger partial charge in [0.25, 0.3) is 11.6 Å². The van der Waals surface area contributed by atoms with Crippen molar-refractivity contribution in [2.24, 2.45) is 0 Å². The Morgan fingerprint density at radius 2 is 1.70 bits per heavy atom. The van der Waals surface area contributed by atoms with Gasteiger partial charge in [0.1, 0.15) is 0 Å². The number of hydrogen-bond donors (Lipinski definition) is 3. The highest BCUT2D eigenvalue weighted by atomic mass is 16.6. The summed E-state index contributed by atoms with van der Waals surface area (Å²) >= 11 is 0. The van der Waals surface area contributed by atoms with Gasteiger partial charge >= 0.3 is 0 Å². The molecular formula is C19H22N4O4. The topological polar surface area (TPSA) is 127 Å². The third-order valence-electron chi connectivity index (χ3n) is 3.94. The van der Waals surface area contributed by atoms with E-state index in [1.165, 1.54) is 24.3 Å². The van der Waals surface area contributed by atoms with E-state index in [1.54, 1.807) is 24.3 Å². The normalized spacial score (nSPS) is 10.2. The van der Waals surface area contributed by atoms with Crippen LogP contribution in [0.2, 0.25) is 0 Å². The first kappa shape index (κ1) is 19.9. The molecule has 8 heteroatoms. The summed E-state index contributed by atoms with van der Waals surface area (Å²) in [6.45, 7) is 0.475. The smallest absolute Gasteiger partial charge is 0.269 e. The minimum atomic E-state index is -0.510. The number of nitrogens with two attached hydrogens (primary N) is 1. The number of nitro benzene ring substituents is 1. The summed E-state index contributed by atoms with van der Waals surface area (Å²) in [6.07, 6.45) is 2.61. The molecule has 0 fully saturated rings. The second-order valence-corrected chi connectivity index (χ2v) is 6.01. The highest BCUT2D eigenvalue weighted by Crippen LogP contribution is 2.17. The van der Waals surface area contributed by atoms with Crippen LogP contribution in [0.4, 0.5) is 17.1 Å². The van der Waals surface area contributed by atoms with Crippen molar-refractivity contribution in [2.45, 2.75) is 25.7 Å². The van der Waals surface area contributed by atoms with Crippen LogP contribution in [-0.2, 0) is 4.79 Å². The van der Waals surface area contributed by atoms with Gasteiger partial charge in [-0.2, -0.15) is 0 Å². The van der Waals surface area contributed by atoms with Crippen LogP contribution < -0.4 is 16.4 Å². The predicted molar refractivity (Wildman–Crippen MR) is 103 cm³/mol. The zero-order valence-corrected chi connectivity index (χ0v) is 14.8. The van der Waals surface area contributed by atoms with E-state index in [9.17, 15) is 19.7 Å². The van der Waals surface area contributed by atoms with E-state index in [1.807, 2.05) is 0 Å². The number of non-ortho nitro benzene ring substituents is 1. The number of carbonyl (C=O) groups is 2. The Morgan fingerprint density at radius 1 is 1.00 bits per heavy atom. The number of hydrogen-bond acceptors (Lipinski definition) is 5. The van der Waals surface area contributed by atoms with Gasteiger partial charge in [-0.3, -0.25) is 19.7 Å². The van der Waals surface area contributed by atoms with E-state index in [0.717, 1.165) is 12.8 Å². The van der Waals surface area contributed by atoms with Crippen molar-refractivity contribution in [3.05, 3.63) is 64.2 Å². The number of nitrogen functional groups attached to an aromatic ring is 1. The molecule has 0 atom stereocenters. The summed E-state index contributed by atoms with van der Waals surface area (Å²) in [5, 5.41) is 16.1. The summed E-state index contributed by atoms with van der Waals surface area (Å²) in [5.41, 5.74) is 7.23. The van der Waals surface area contributed by atoms with Crippen molar-refractivity contribution in [3.63, 3.8) is 0 Å². The maximum absolute atomic E-state index is 11.9. The molecule has 27 heavy (non-hydrogen) atoms. The van der Waals surface area contributed by atoms with Gasteiger partial charge in [0.15, 0.2) is 0 Å². The van der Waals surface area contributed by atoms with Gasteiger partial charge < -0.3 is 16.4 Å². The lowest BCUT2D eigenvalue weighted by atomic mass is 10.1.